The van der Waals surface area contributed by atoms with Crippen molar-refractivity contribution in [3.8, 4) is 5.75 Å². The molecule has 0 atom stereocenters. The van der Waals surface area contributed by atoms with Crippen molar-refractivity contribution < 1.29 is 9.53 Å². The molecule has 0 fully saturated rings. The maximum absolute atomic E-state index is 12.5. The molecule has 8 heteroatoms. The van der Waals surface area contributed by atoms with Crippen LogP contribution in [0.2, 0.25) is 0 Å². The van der Waals surface area contributed by atoms with E-state index < -0.39 is 0 Å². The summed E-state index contributed by atoms with van der Waals surface area (Å²) in [5.74, 6) is 0.656. The molecule has 0 saturated heterocycles. The number of carbonyl (C=O) groups excluding carboxylic acids is 1. The molecule has 3 rings (SSSR count). The van der Waals surface area contributed by atoms with Gasteiger partial charge in [0.1, 0.15) is 17.3 Å². The molecule has 0 bridgehead atoms. The van der Waals surface area contributed by atoms with Gasteiger partial charge in [-0.05, 0) is 57.2 Å². The second kappa shape index (κ2) is 8.14. The van der Waals surface area contributed by atoms with Crippen molar-refractivity contribution in [1.29, 1.82) is 5.41 Å². The number of anilines is 2. The van der Waals surface area contributed by atoms with E-state index in [-0.39, 0.29) is 17.7 Å². The number of nitrogens with one attached hydrogen (secondary N) is 2. The van der Waals surface area contributed by atoms with Crippen molar-refractivity contribution in [2.45, 2.75) is 26.9 Å². The average molecular weight is 392 g/mol. The van der Waals surface area contributed by atoms with Gasteiger partial charge in [-0.25, -0.2) is 4.98 Å². The molecule has 3 aromatic rings. The fourth-order valence-electron chi connectivity index (χ4n) is 2.91. The second-order valence-electron chi connectivity index (χ2n) is 6.97. The lowest BCUT2D eigenvalue weighted by atomic mass is 10.0. The van der Waals surface area contributed by atoms with Crippen LogP contribution in [0.25, 0.3) is 0 Å². The molecule has 2 aromatic heterocycles. The molecule has 4 N–H and O–H groups in total. The van der Waals surface area contributed by atoms with Gasteiger partial charge in [-0.15, -0.1) is 0 Å². The molecule has 1 amide bonds. The number of nitrogen functional groups attached to an aromatic ring is 1. The molecule has 0 radical (unpaired) electrons. The Labute approximate surface area is 169 Å². The lowest BCUT2D eigenvalue weighted by molar-refractivity contribution is 0.101. The van der Waals surface area contributed by atoms with Crippen molar-refractivity contribution in [3.63, 3.8) is 0 Å². The summed E-state index contributed by atoms with van der Waals surface area (Å²) in [7, 11) is 1.70. The van der Waals surface area contributed by atoms with E-state index in [9.17, 15) is 4.79 Å². The van der Waals surface area contributed by atoms with Crippen molar-refractivity contribution in [2.75, 3.05) is 11.1 Å². The third kappa shape index (κ3) is 4.60. The van der Waals surface area contributed by atoms with Crippen molar-refractivity contribution in [3.05, 3.63) is 65.1 Å². The predicted molar refractivity (Wildman–Crippen MR) is 113 cm³/mol. The van der Waals surface area contributed by atoms with Crippen molar-refractivity contribution in [2.24, 2.45) is 7.05 Å². The minimum atomic E-state index is -0.323. The Morgan fingerprint density at radius 1 is 1.24 bits per heavy atom. The molecule has 0 aliphatic heterocycles. The van der Waals surface area contributed by atoms with Gasteiger partial charge in [-0.1, -0.05) is 0 Å². The predicted octanol–water partition coefficient (Wildman–Crippen LogP) is 3.16. The van der Waals surface area contributed by atoms with Crippen LogP contribution >= 0.6 is 0 Å². The Morgan fingerprint density at radius 3 is 2.66 bits per heavy atom. The highest BCUT2D eigenvalue weighted by atomic mass is 16.5. The van der Waals surface area contributed by atoms with E-state index in [1.54, 1.807) is 49.6 Å². The van der Waals surface area contributed by atoms with E-state index in [2.05, 4.69) is 15.4 Å². The number of ether oxygens (including phenoxy) is 1. The number of benzene rings is 1. The number of aromatic nitrogens is 3. The summed E-state index contributed by atoms with van der Waals surface area (Å²) < 4.78 is 7.22. The number of amides is 1. The monoisotopic (exact) mass is 392 g/mol. The molecule has 29 heavy (non-hydrogen) atoms. The Hall–Kier alpha value is -3.68. The number of carbonyl (C=O) groups is 1. The topological polar surface area (TPSA) is 119 Å². The van der Waals surface area contributed by atoms with E-state index in [4.69, 9.17) is 15.9 Å². The van der Waals surface area contributed by atoms with Gasteiger partial charge in [-0.2, -0.15) is 5.10 Å². The highest BCUT2D eigenvalue weighted by molar-refractivity contribution is 6.14. The van der Waals surface area contributed by atoms with Crippen LogP contribution in [0.3, 0.4) is 0 Å². The Balaban J connectivity index is 1.85. The first-order chi connectivity index (χ1) is 13.7. The zero-order chi connectivity index (χ0) is 21.1. The molecule has 150 valence electrons. The smallest absolute Gasteiger partial charge is 0.275 e. The standard InChI is InChI=1S/C21H24N6O2/c1-12(2)29-15-5-6-17(22)16(11-15)20(23)14-7-8-24-19(10-14)25-21(28)18-9-13(3)26-27(18)4/h5-12,23H,22H2,1-4H3,(H,24,25,28). The first kappa shape index (κ1) is 20.1. The Kier molecular flexibility index (Phi) is 5.63. The van der Waals surface area contributed by atoms with Gasteiger partial charge >= 0.3 is 0 Å². The summed E-state index contributed by atoms with van der Waals surface area (Å²) in [5, 5.41) is 15.5. The summed E-state index contributed by atoms with van der Waals surface area (Å²) >= 11 is 0. The van der Waals surface area contributed by atoms with E-state index in [0.717, 1.165) is 5.69 Å². The zero-order valence-electron chi connectivity index (χ0n) is 16.9. The quantitative estimate of drug-likeness (QED) is 0.440. The van der Waals surface area contributed by atoms with E-state index in [1.165, 1.54) is 4.68 Å². The lowest BCUT2D eigenvalue weighted by Crippen LogP contribution is -2.17. The minimum absolute atomic E-state index is 0.0130. The SMILES string of the molecule is Cc1cc(C(=O)Nc2cc(C(=N)c3cc(OC(C)C)ccc3N)ccn2)n(C)n1. The second-order valence-corrected chi connectivity index (χ2v) is 6.97. The molecule has 1 aromatic carbocycles. The molecule has 0 aliphatic rings. The maximum atomic E-state index is 12.5. The fourth-order valence-corrected chi connectivity index (χ4v) is 2.91. The number of rotatable bonds is 6. The van der Waals surface area contributed by atoms with Gasteiger partial charge in [-0.3, -0.25) is 14.9 Å². The van der Waals surface area contributed by atoms with Crippen LogP contribution in [0.5, 0.6) is 5.75 Å². The third-order valence-corrected chi connectivity index (χ3v) is 4.19. The number of aryl methyl sites for hydroxylation is 2. The molecule has 0 spiro atoms. The van der Waals surface area contributed by atoms with Crippen LogP contribution in [-0.2, 0) is 7.05 Å². The lowest BCUT2D eigenvalue weighted by Gasteiger charge is -2.14. The Morgan fingerprint density at radius 2 is 2.00 bits per heavy atom. The molecule has 0 aliphatic carbocycles. The number of pyridine rings is 1. The summed E-state index contributed by atoms with van der Waals surface area (Å²) in [4.78, 5) is 16.7. The van der Waals surface area contributed by atoms with Gasteiger partial charge < -0.3 is 15.8 Å². The summed E-state index contributed by atoms with van der Waals surface area (Å²) in [6, 6.07) is 10.3. The zero-order valence-corrected chi connectivity index (χ0v) is 16.9. The average Bonchev–Trinajstić information content (AvgIpc) is 3.01. The highest BCUT2D eigenvalue weighted by Crippen LogP contribution is 2.24. The highest BCUT2D eigenvalue weighted by Gasteiger charge is 2.15. The largest absolute Gasteiger partial charge is 0.491 e. The van der Waals surface area contributed by atoms with Crippen LogP contribution < -0.4 is 15.8 Å². The van der Waals surface area contributed by atoms with Crippen molar-refractivity contribution >= 4 is 23.1 Å². The Bertz CT molecular complexity index is 1070. The van der Waals surface area contributed by atoms with E-state index in [1.807, 2.05) is 20.8 Å². The summed E-state index contributed by atoms with van der Waals surface area (Å²) in [5.41, 5.74) is 9.06. The first-order valence-corrected chi connectivity index (χ1v) is 9.18. The molecule has 0 saturated carbocycles. The van der Waals surface area contributed by atoms with Crippen LogP contribution in [0.4, 0.5) is 11.5 Å². The molecule has 0 unspecified atom stereocenters. The number of nitrogens with zero attached hydrogens (tertiary/aromatic N) is 3. The van der Waals surface area contributed by atoms with Crippen LogP contribution in [0.1, 0.15) is 41.2 Å². The van der Waals surface area contributed by atoms with Gasteiger partial charge in [0.2, 0.25) is 0 Å². The van der Waals surface area contributed by atoms with Gasteiger partial charge in [0.15, 0.2) is 0 Å². The van der Waals surface area contributed by atoms with Crippen LogP contribution in [-0.4, -0.2) is 32.5 Å². The number of nitrogens with two attached hydrogens (primary N) is 1. The number of hydrogen-bond acceptors (Lipinski definition) is 6. The molecular formula is C21H24N6O2. The number of hydrogen-bond donors (Lipinski definition) is 3. The molecule has 8 nitrogen and oxygen atoms in total. The summed E-state index contributed by atoms with van der Waals surface area (Å²) in [6.07, 6.45) is 1.55. The molecular weight excluding hydrogens is 368 g/mol. The first-order valence-electron chi connectivity index (χ1n) is 9.18. The van der Waals surface area contributed by atoms with E-state index >= 15 is 0 Å². The fraction of sp³-hybridized carbons (Fsp3) is 0.238. The van der Waals surface area contributed by atoms with Crippen LogP contribution in [0.15, 0.2) is 42.6 Å². The van der Waals surface area contributed by atoms with E-state index in [0.29, 0.717) is 34.1 Å². The molecule has 2 heterocycles. The van der Waals surface area contributed by atoms with Gasteiger partial charge in [0, 0.05) is 30.1 Å². The maximum Gasteiger partial charge on any atom is 0.275 e. The van der Waals surface area contributed by atoms with Gasteiger partial charge in [0.25, 0.3) is 5.91 Å². The minimum Gasteiger partial charge on any atom is -0.491 e. The third-order valence-electron chi connectivity index (χ3n) is 4.19. The van der Waals surface area contributed by atoms with Gasteiger partial charge in [0.05, 0.1) is 17.5 Å². The van der Waals surface area contributed by atoms with Crippen molar-refractivity contribution in [1.82, 2.24) is 14.8 Å². The van der Waals surface area contributed by atoms with Crippen LogP contribution in [0, 0.1) is 12.3 Å². The summed E-state index contributed by atoms with van der Waals surface area (Å²) in [6.45, 7) is 5.68. The normalized spacial score (nSPS) is 10.8.